The molecule has 0 aliphatic carbocycles. The molecule has 24 heavy (non-hydrogen) atoms. The average Bonchev–Trinajstić information content (AvgIpc) is 2.54. The quantitative estimate of drug-likeness (QED) is 0.505. The number of amides is 1. The number of rotatable bonds is 3. The van der Waals surface area contributed by atoms with Crippen molar-refractivity contribution >= 4 is 23.2 Å². The highest BCUT2D eigenvalue weighted by molar-refractivity contribution is 7.80. The standard InChI is InChI=1S/C16H15F2N3O2S/c1-2-19-16(24)21-20-15(23)12-7-9(3-6-14(12)22)11-5-4-10(17)8-13(11)18/h3-8,22H,2H2,1H3,(H,20,23)(H2,19,21,24). The van der Waals surface area contributed by atoms with Crippen LogP contribution in [0.3, 0.4) is 0 Å². The summed E-state index contributed by atoms with van der Waals surface area (Å²) in [7, 11) is 0. The molecular weight excluding hydrogens is 336 g/mol. The molecular formula is C16H15F2N3O2S. The van der Waals surface area contributed by atoms with Crippen molar-refractivity contribution in [3.8, 4) is 16.9 Å². The van der Waals surface area contributed by atoms with Crippen LogP contribution in [0.25, 0.3) is 11.1 Å². The molecule has 0 heterocycles. The normalized spacial score (nSPS) is 10.1. The highest BCUT2D eigenvalue weighted by Gasteiger charge is 2.14. The van der Waals surface area contributed by atoms with Crippen molar-refractivity contribution in [1.82, 2.24) is 16.2 Å². The van der Waals surface area contributed by atoms with Gasteiger partial charge in [0, 0.05) is 18.2 Å². The van der Waals surface area contributed by atoms with Gasteiger partial charge < -0.3 is 10.4 Å². The van der Waals surface area contributed by atoms with Gasteiger partial charge in [0.05, 0.1) is 5.56 Å². The number of aromatic hydroxyl groups is 1. The lowest BCUT2D eigenvalue weighted by Crippen LogP contribution is -2.46. The lowest BCUT2D eigenvalue weighted by molar-refractivity contribution is 0.0941. The first-order valence-electron chi connectivity index (χ1n) is 7.05. The lowest BCUT2D eigenvalue weighted by atomic mass is 10.0. The summed E-state index contributed by atoms with van der Waals surface area (Å²) < 4.78 is 26.9. The van der Waals surface area contributed by atoms with Gasteiger partial charge in [-0.2, -0.15) is 0 Å². The zero-order valence-corrected chi connectivity index (χ0v) is 13.5. The SMILES string of the molecule is CCNC(=S)NNC(=O)c1cc(-c2ccc(F)cc2F)ccc1O. The average molecular weight is 351 g/mol. The van der Waals surface area contributed by atoms with Crippen LogP contribution in [0.2, 0.25) is 0 Å². The van der Waals surface area contributed by atoms with E-state index in [4.69, 9.17) is 12.2 Å². The number of hydrazine groups is 1. The molecule has 0 aromatic heterocycles. The maximum atomic E-state index is 13.9. The number of phenols is 1. The predicted octanol–water partition coefficient (Wildman–Crippen LogP) is 2.47. The zero-order chi connectivity index (χ0) is 17.7. The highest BCUT2D eigenvalue weighted by Crippen LogP contribution is 2.28. The molecule has 126 valence electrons. The minimum absolute atomic E-state index is 0.0805. The fourth-order valence-corrected chi connectivity index (χ4v) is 2.19. The van der Waals surface area contributed by atoms with Crippen LogP contribution in [0.1, 0.15) is 17.3 Å². The van der Waals surface area contributed by atoms with Crippen LogP contribution >= 0.6 is 12.2 Å². The van der Waals surface area contributed by atoms with Gasteiger partial charge in [-0.3, -0.25) is 15.6 Å². The van der Waals surface area contributed by atoms with E-state index in [-0.39, 0.29) is 22.0 Å². The third-order valence-electron chi connectivity index (χ3n) is 3.11. The van der Waals surface area contributed by atoms with Crippen molar-refractivity contribution in [3.63, 3.8) is 0 Å². The Morgan fingerprint density at radius 3 is 2.58 bits per heavy atom. The van der Waals surface area contributed by atoms with Crippen LogP contribution in [-0.4, -0.2) is 22.7 Å². The van der Waals surface area contributed by atoms with Crippen molar-refractivity contribution in [1.29, 1.82) is 0 Å². The van der Waals surface area contributed by atoms with E-state index >= 15 is 0 Å². The summed E-state index contributed by atoms with van der Waals surface area (Å²) in [6.45, 7) is 2.41. The van der Waals surface area contributed by atoms with Gasteiger partial charge in [-0.15, -0.1) is 0 Å². The van der Waals surface area contributed by atoms with E-state index in [0.717, 1.165) is 12.1 Å². The van der Waals surface area contributed by atoms with Gasteiger partial charge in [0.2, 0.25) is 0 Å². The molecule has 0 aliphatic heterocycles. The Hall–Kier alpha value is -2.74. The number of hydrogen-bond donors (Lipinski definition) is 4. The Bertz CT molecular complexity index is 784. The maximum Gasteiger partial charge on any atom is 0.273 e. The minimum Gasteiger partial charge on any atom is -0.507 e. The van der Waals surface area contributed by atoms with Crippen LogP contribution in [0, 0.1) is 11.6 Å². The molecule has 0 radical (unpaired) electrons. The summed E-state index contributed by atoms with van der Waals surface area (Å²) in [5, 5.41) is 12.8. The molecule has 2 aromatic rings. The number of nitrogens with one attached hydrogen (secondary N) is 3. The number of carbonyl (C=O) groups is 1. The van der Waals surface area contributed by atoms with Crippen LogP contribution in [0.15, 0.2) is 36.4 Å². The van der Waals surface area contributed by atoms with Gasteiger partial charge in [-0.1, -0.05) is 6.07 Å². The molecule has 0 aliphatic rings. The van der Waals surface area contributed by atoms with Crippen LogP contribution in [0.4, 0.5) is 8.78 Å². The molecule has 0 bridgehead atoms. The number of hydrogen-bond acceptors (Lipinski definition) is 3. The van der Waals surface area contributed by atoms with Gasteiger partial charge in [0.25, 0.3) is 5.91 Å². The molecule has 0 fully saturated rings. The van der Waals surface area contributed by atoms with E-state index in [1.165, 1.54) is 24.3 Å². The first-order valence-corrected chi connectivity index (χ1v) is 7.45. The molecule has 5 nitrogen and oxygen atoms in total. The van der Waals surface area contributed by atoms with E-state index < -0.39 is 17.5 Å². The molecule has 1 amide bonds. The van der Waals surface area contributed by atoms with Gasteiger partial charge in [-0.25, -0.2) is 8.78 Å². The van der Waals surface area contributed by atoms with Crippen molar-refractivity contribution in [2.75, 3.05) is 6.54 Å². The first-order chi connectivity index (χ1) is 11.4. The molecule has 0 unspecified atom stereocenters. The number of thiocarbonyl (C=S) groups is 1. The van der Waals surface area contributed by atoms with E-state index in [9.17, 15) is 18.7 Å². The van der Waals surface area contributed by atoms with Gasteiger partial charge in [0.1, 0.15) is 17.4 Å². The monoisotopic (exact) mass is 351 g/mol. The second kappa shape index (κ2) is 7.69. The molecule has 2 rings (SSSR count). The van der Waals surface area contributed by atoms with Crippen molar-refractivity contribution in [2.45, 2.75) is 6.92 Å². The molecule has 8 heteroatoms. The highest BCUT2D eigenvalue weighted by atomic mass is 32.1. The Labute approximate surface area is 142 Å². The Morgan fingerprint density at radius 1 is 1.17 bits per heavy atom. The minimum atomic E-state index is -0.765. The van der Waals surface area contributed by atoms with E-state index in [2.05, 4.69) is 16.2 Å². The largest absolute Gasteiger partial charge is 0.507 e. The predicted molar refractivity (Wildman–Crippen MR) is 90.3 cm³/mol. The third kappa shape index (κ3) is 4.17. The Balaban J connectivity index is 2.25. The summed E-state index contributed by atoms with van der Waals surface area (Å²) in [5.74, 6) is -2.40. The van der Waals surface area contributed by atoms with E-state index in [1.807, 2.05) is 6.92 Å². The van der Waals surface area contributed by atoms with Crippen LogP contribution < -0.4 is 16.2 Å². The second-order valence-electron chi connectivity index (χ2n) is 4.79. The maximum absolute atomic E-state index is 13.9. The summed E-state index contributed by atoms with van der Waals surface area (Å²) in [6.07, 6.45) is 0. The summed E-state index contributed by atoms with van der Waals surface area (Å²) in [5.41, 5.74) is 5.15. The van der Waals surface area contributed by atoms with Crippen LogP contribution in [-0.2, 0) is 0 Å². The third-order valence-corrected chi connectivity index (χ3v) is 3.36. The van der Waals surface area contributed by atoms with E-state index in [1.54, 1.807) is 0 Å². The Morgan fingerprint density at radius 2 is 1.92 bits per heavy atom. The van der Waals surface area contributed by atoms with Crippen LogP contribution in [0.5, 0.6) is 5.75 Å². The molecule has 0 saturated heterocycles. The topological polar surface area (TPSA) is 73.4 Å². The zero-order valence-electron chi connectivity index (χ0n) is 12.7. The molecule has 0 saturated carbocycles. The van der Waals surface area contributed by atoms with Gasteiger partial charge >= 0.3 is 0 Å². The Kier molecular flexibility index (Phi) is 5.64. The fourth-order valence-electron chi connectivity index (χ4n) is 1.99. The van der Waals surface area contributed by atoms with E-state index in [0.29, 0.717) is 12.1 Å². The number of halogens is 2. The summed E-state index contributed by atoms with van der Waals surface area (Å²) >= 11 is 4.90. The molecule has 0 atom stereocenters. The summed E-state index contributed by atoms with van der Waals surface area (Å²) in [4.78, 5) is 12.1. The van der Waals surface area contributed by atoms with Gasteiger partial charge in [0.15, 0.2) is 5.11 Å². The second-order valence-corrected chi connectivity index (χ2v) is 5.20. The lowest BCUT2D eigenvalue weighted by Gasteiger charge is -2.12. The van der Waals surface area contributed by atoms with Gasteiger partial charge in [-0.05, 0) is 49.0 Å². The number of benzene rings is 2. The molecule has 0 spiro atoms. The fraction of sp³-hybridized carbons (Fsp3) is 0.125. The van der Waals surface area contributed by atoms with Crippen molar-refractivity contribution in [2.24, 2.45) is 0 Å². The number of carbonyl (C=O) groups excluding carboxylic acids is 1. The smallest absolute Gasteiger partial charge is 0.273 e. The summed E-state index contributed by atoms with van der Waals surface area (Å²) in [6, 6.07) is 7.12. The van der Waals surface area contributed by atoms with Crippen molar-refractivity contribution in [3.05, 3.63) is 53.6 Å². The number of phenolic OH excluding ortho intramolecular Hbond substituents is 1. The molecule has 4 N–H and O–H groups in total. The molecule has 2 aromatic carbocycles. The van der Waals surface area contributed by atoms with Crippen molar-refractivity contribution < 1.29 is 18.7 Å². The first kappa shape index (κ1) is 17.6.